The van der Waals surface area contributed by atoms with Crippen molar-refractivity contribution in [3.63, 3.8) is 0 Å². The number of carboxylic acids is 1. The number of carboxylic acid groups (broad SMARTS) is 1. The van der Waals surface area contributed by atoms with Crippen molar-refractivity contribution in [1.29, 1.82) is 0 Å². The molecular formula is C10H18O3. The third kappa shape index (κ3) is 1.35. The first-order valence-electron chi connectivity index (χ1n) is 4.82. The number of carbonyl (C=O) groups is 1. The number of rotatable bonds is 3. The Morgan fingerprint density at radius 3 is 1.92 bits per heavy atom. The Balaban J connectivity index is 2.86. The molecule has 0 saturated carbocycles. The molecule has 2 atom stereocenters. The van der Waals surface area contributed by atoms with E-state index in [1.807, 2.05) is 27.7 Å². The standard InChI is InChI=1S/C10H18O3/c1-5-9(3)7(8(11)12)10(4,6-2)13-9/h7H,5-6H2,1-4H3,(H,11,12). The zero-order valence-corrected chi connectivity index (χ0v) is 8.76. The van der Waals surface area contributed by atoms with Crippen LogP contribution in [0.15, 0.2) is 0 Å². The van der Waals surface area contributed by atoms with Gasteiger partial charge < -0.3 is 9.84 Å². The first kappa shape index (κ1) is 10.5. The van der Waals surface area contributed by atoms with Crippen LogP contribution < -0.4 is 0 Å². The molecule has 0 aromatic heterocycles. The maximum Gasteiger partial charge on any atom is 0.312 e. The zero-order chi connectivity index (χ0) is 10.3. The summed E-state index contributed by atoms with van der Waals surface area (Å²) in [5.41, 5.74) is -0.923. The Hall–Kier alpha value is -0.570. The van der Waals surface area contributed by atoms with Gasteiger partial charge in [0, 0.05) is 0 Å². The summed E-state index contributed by atoms with van der Waals surface area (Å²) in [5.74, 6) is -1.10. The van der Waals surface area contributed by atoms with Gasteiger partial charge in [-0.05, 0) is 26.7 Å². The minimum atomic E-state index is -0.736. The van der Waals surface area contributed by atoms with E-state index >= 15 is 0 Å². The van der Waals surface area contributed by atoms with Gasteiger partial charge in [0.25, 0.3) is 0 Å². The van der Waals surface area contributed by atoms with Gasteiger partial charge in [0.1, 0.15) is 5.92 Å². The van der Waals surface area contributed by atoms with Gasteiger partial charge >= 0.3 is 5.97 Å². The van der Waals surface area contributed by atoms with Crippen molar-refractivity contribution in [2.45, 2.75) is 51.7 Å². The van der Waals surface area contributed by atoms with E-state index in [0.717, 1.165) is 12.8 Å². The summed E-state index contributed by atoms with van der Waals surface area (Å²) in [4.78, 5) is 11.1. The van der Waals surface area contributed by atoms with Gasteiger partial charge in [0.05, 0.1) is 11.2 Å². The fourth-order valence-corrected chi connectivity index (χ4v) is 2.31. The summed E-state index contributed by atoms with van der Waals surface area (Å²) >= 11 is 0. The summed E-state index contributed by atoms with van der Waals surface area (Å²) in [7, 11) is 0. The maximum absolute atomic E-state index is 11.1. The Kier molecular flexibility index (Phi) is 2.41. The van der Waals surface area contributed by atoms with E-state index in [9.17, 15) is 4.79 Å². The molecule has 0 radical (unpaired) electrons. The van der Waals surface area contributed by atoms with Crippen molar-refractivity contribution in [3.8, 4) is 0 Å². The molecule has 13 heavy (non-hydrogen) atoms. The maximum atomic E-state index is 11.1. The van der Waals surface area contributed by atoms with Crippen LogP contribution in [0.1, 0.15) is 40.5 Å². The highest BCUT2D eigenvalue weighted by Gasteiger charge is 2.61. The number of ether oxygens (including phenoxy) is 1. The van der Waals surface area contributed by atoms with Crippen LogP contribution in [0.4, 0.5) is 0 Å². The van der Waals surface area contributed by atoms with Crippen molar-refractivity contribution in [2.24, 2.45) is 5.92 Å². The molecule has 3 nitrogen and oxygen atoms in total. The lowest BCUT2D eigenvalue weighted by molar-refractivity contribution is -0.305. The van der Waals surface area contributed by atoms with Crippen molar-refractivity contribution >= 4 is 5.97 Å². The molecule has 1 heterocycles. The van der Waals surface area contributed by atoms with Gasteiger partial charge in [-0.25, -0.2) is 0 Å². The first-order valence-corrected chi connectivity index (χ1v) is 4.82. The van der Waals surface area contributed by atoms with Crippen molar-refractivity contribution in [1.82, 2.24) is 0 Å². The van der Waals surface area contributed by atoms with E-state index in [-0.39, 0.29) is 5.92 Å². The second kappa shape index (κ2) is 2.98. The fraction of sp³-hybridized carbons (Fsp3) is 0.900. The Labute approximate surface area is 79.1 Å². The number of hydrogen-bond acceptors (Lipinski definition) is 2. The van der Waals surface area contributed by atoms with E-state index in [4.69, 9.17) is 9.84 Å². The molecule has 0 amide bonds. The summed E-state index contributed by atoms with van der Waals surface area (Å²) in [6.45, 7) is 7.68. The second-order valence-electron chi connectivity index (χ2n) is 4.21. The zero-order valence-electron chi connectivity index (χ0n) is 8.76. The lowest BCUT2D eigenvalue weighted by atomic mass is 9.67. The summed E-state index contributed by atoms with van der Waals surface area (Å²) in [6.07, 6.45) is 1.50. The fourth-order valence-electron chi connectivity index (χ4n) is 2.31. The van der Waals surface area contributed by atoms with Crippen LogP contribution in [0.3, 0.4) is 0 Å². The average Bonchev–Trinajstić information content (AvgIpc) is 2.01. The van der Waals surface area contributed by atoms with Gasteiger partial charge in [-0.1, -0.05) is 13.8 Å². The van der Waals surface area contributed by atoms with E-state index in [1.54, 1.807) is 0 Å². The van der Waals surface area contributed by atoms with Gasteiger partial charge in [0.15, 0.2) is 0 Å². The van der Waals surface area contributed by atoms with Gasteiger partial charge in [0.2, 0.25) is 0 Å². The molecule has 3 heteroatoms. The highest BCUT2D eigenvalue weighted by Crippen LogP contribution is 2.50. The van der Waals surface area contributed by atoms with E-state index < -0.39 is 17.2 Å². The van der Waals surface area contributed by atoms with E-state index in [0.29, 0.717) is 0 Å². The van der Waals surface area contributed by atoms with Gasteiger partial charge in [-0.15, -0.1) is 0 Å². The molecule has 2 unspecified atom stereocenters. The predicted molar refractivity (Wildman–Crippen MR) is 49.6 cm³/mol. The van der Waals surface area contributed by atoms with Crippen LogP contribution in [-0.2, 0) is 9.53 Å². The monoisotopic (exact) mass is 186 g/mol. The predicted octanol–water partition coefficient (Wildman–Crippen LogP) is 2.05. The van der Waals surface area contributed by atoms with E-state index in [2.05, 4.69) is 0 Å². The molecular weight excluding hydrogens is 168 g/mol. The molecule has 0 spiro atoms. The molecule has 1 rings (SSSR count). The average molecular weight is 186 g/mol. The van der Waals surface area contributed by atoms with Crippen LogP contribution in [0, 0.1) is 5.92 Å². The summed E-state index contributed by atoms with van der Waals surface area (Å²) in [5, 5.41) is 9.09. The molecule has 0 aromatic rings. The van der Waals surface area contributed by atoms with Crippen LogP contribution in [0.5, 0.6) is 0 Å². The Morgan fingerprint density at radius 2 is 1.69 bits per heavy atom. The molecule has 76 valence electrons. The molecule has 0 aliphatic carbocycles. The number of aliphatic carboxylic acids is 1. The molecule has 0 bridgehead atoms. The minimum Gasteiger partial charge on any atom is -0.481 e. The quantitative estimate of drug-likeness (QED) is 0.733. The van der Waals surface area contributed by atoms with Crippen LogP contribution >= 0.6 is 0 Å². The van der Waals surface area contributed by atoms with E-state index in [1.165, 1.54) is 0 Å². The topological polar surface area (TPSA) is 46.5 Å². The normalized spacial score (nSPS) is 44.2. The Morgan fingerprint density at radius 1 is 1.31 bits per heavy atom. The lowest BCUT2D eigenvalue weighted by Gasteiger charge is -2.57. The van der Waals surface area contributed by atoms with Crippen molar-refractivity contribution in [3.05, 3.63) is 0 Å². The molecule has 1 N–H and O–H groups in total. The highest BCUT2D eigenvalue weighted by molar-refractivity contribution is 5.74. The third-order valence-electron chi connectivity index (χ3n) is 3.34. The van der Waals surface area contributed by atoms with Crippen LogP contribution in [0.2, 0.25) is 0 Å². The second-order valence-corrected chi connectivity index (χ2v) is 4.21. The third-order valence-corrected chi connectivity index (χ3v) is 3.34. The molecule has 1 aliphatic rings. The van der Waals surface area contributed by atoms with Crippen LogP contribution in [0.25, 0.3) is 0 Å². The van der Waals surface area contributed by atoms with Crippen LogP contribution in [-0.4, -0.2) is 22.3 Å². The molecule has 1 aliphatic heterocycles. The van der Waals surface area contributed by atoms with Gasteiger partial charge in [-0.2, -0.15) is 0 Å². The lowest BCUT2D eigenvalue weighted by Crippen LogP contribution is -2.68. The molecule has 1 saturated heterocycles. The van der Waals surface area contributed by atoms with Crippen molar-refractivity contribution < 1.29 is 14.6 Å². The minimum absolute atomic E-state index is 0.366. The largest absolute Gasteiger partial charge is 0.481 e. The molecule has 1 fully saturated rings. The van der Waals surface area contributed by atoms with Gasteiger partial charge in [-0.3, -0.25) is 4.79 Å². The first-order chi connectivity index (χ1) is 5.89. The summed E-state index contributed by atoms with van der Waals surface area (Å²) < 4.78 is 5.71. The highest BCUT2D eigenvalue weighted by atomic mass is 16.6. The molecule has 0 aromatic carbocycles. The SMILES string of the molecule is CCC1(C)OC(C)(CC)C1C(=O)O. The smallest absolute Gasteiger partial charge is 0.312 e. The summed E-state index contributed by atoms with van der Waals surface area (Å²) in [6, 6.07) is 0. The van der Waals surface area contributed by atoms with Crippen molar-refractivity contribution in [2.75, 3.05) is 0 Å². The Bertz CT molecular complexity index is 210. The number of hydrogen-bond donors (Lipinski definition) is 1.